The largest absolute Gasteiger partial charge is 0.312 e. The van der Waals surface area contributed by atoms with Crippen LogP contribution in [0.15, 0.2) is 97.1 Å². The van der Waals surface area contributed by atoms with E-state index in [4.69, 9.17) is 0 Å². The maximum absolute atomic E-state index is 14.1. The summed E-state index contributed by atoms with van der Waals surface area (Å²) in [4.78, 5) is 29.2. The number of aromatic nitrogens is 1. The molecular formula is C36H32N2O2. The molecule has 0 aliphatic carbocycles. The number of imide groups is 1. The van der Waals surface area contributed by atoms with E-state index in [9.17, 15) is 9.59 Å². The first kappa shape index (κ1) is 25.6. The Balaban J connectivity index is 1.54. The Morgan fingerprint density at radius 1 is 0.750 bits per heavy atom. The molecule has 0 spiro atoms. The summed E-state index contributed by atoms with van der Waals surface area (Å²) in [5.74, 6) is -0.605. The Hall–Kier alpha value is -4.70. The van der Waals surface area contributed by atoms with Gasteiger partial charge in [-0.25, -0.2) is 4.90 Å². The molecule has 1 aromatic heterocycles. The van der Waals surface area contributed by atoms with Crippen LogP contribution in [-0.2, 0) is 5.41 Å². The van der Waals surface area contributed by atoms with Gasteiger partial charge in [-0.2, -0.15) is 0 Å². The highest BCUT2D eigenvalue weighted by Gasteiger charge is 2.39. The molecule has 4 nitrogen and oxygen atoms in total. The van der Waals surface area contributed by atoms with Gasteiger partial charge in [0.15, 0.2) is 0 Å². The zero-order valence-corrected chi connectivity index (χ0v) is 23.5. The van der Waals surface area contributed by atoms with Gasteiger partial charge >= 0.3 is 0 Å². The second-order valence-corrected chi connectivity index (χ2v) is 11.4. The number of hydrogen-bond donors (Lipinski definition) is 0. The molecule has 2 amide bonds. The topological polar surface area (TPSA) is 42.3 Å². The highest BCUT2D eigenvalue weighted by atomic mass is 16.2. The molecule has 1 aliphatic rings. The van der Waals surface area contributed by atoms with Crippen molar-refractivity contribution < 1.29 is 9.59 Å². The first-order valence-electron chi connectivity index (χ1n) is 13.7. The minimum Gasteiger partial charge on any atom is -0.312 e. The average molecular weight is 525 g/mol. The fraction of sp³-hybridized carbons (Fsp3) is 0.167. The minimum absolute atomic E-state index is 0.0387. The predicted octanol–water partition coefficient (Wildman–Crippen LogP) is 8.74. The highest BCUT2D eigenvalue weighted by molar-refractivity contribution is 6.35. The van der Waals surface area contributed by atoms with Crippen LogP contribution in [0.25, 0.3) is 33.8 Å². The first-order valence-corrected chi connectivity index (χ1v) is 13.7. The smallest absolute Gasteiger partial charge is 0.268 e. The molecule has 6 rings (SSSR count). The molecule has 0 fully saturated rings. The van der Waals surface area contributed by atoms with Crippen molar-refractivity contribution in [2.24, 2.45) is 0 Å². The first-order chi connectivity index (χ1) is 19.2. The molecule has 4 aromatic carbocycles. The molecule has 0 radical (unpaired) electrons. The van der Waals surface area contributed by atoms with Crippen LogP contribution in [0.5, 0.6) is 0 Å². The molecule has 0 unspecified atom stereocenters. The van der Waals surface area contributed by atoms with E-state index >= 15 is 0 Å². The second-order valence-electron chi connectivity index (χ2n) is 11.4. The predicted molar refractivity (Wildman–Crippen MR) is 164 cm³/mol. The van der Waals surface area contributed by atoms with Gasteiger partial charge in [0.1, 0.15) is 0 Å². The van der Waals surface area contributed by atoms with Crippen molar-refractivity contribution in [2.75, 3.05) is 4.90 Å². The number of benzene rings is 4. The van der Waals surface area contributed by atoms with Crippen LogP contribution in [0.3, 0.4) is 0 Å². The number of carbonyl (C=O) groups excluding carboxylic acids is 2. The van der Waals surface area contributed by atoms with Crippen molar-refractivity contribution in [3.05, 3.63) is 125 Å². The van der Waals surface area contributed by atoms with Crippen molar-refractivity contribution in [3.63, 3.8) is 0 Å². The van der Waals surface area contributed by atoms with Crippen LogP contribution in [-0.4, -0.2) is 16.4 Å². The third kappa shape index (κ3) is 3.99. The quantitative estimate of drug-likeness (QED) is 0.221. The number of fused-ring (bicyclic) bond motifs is 2. The monoisotopic (exact) mass is 524 g/mol. The fourth-order valence-corrected chi connectivity index (χ4v) is 5.74. The van der Waals surface area contributed by atoms with E-state index in [1.54, 1.807) is 6.07 Å². The van der Waals surface area contributed by atoms with Crippen LogP contribution >= 0.6 is 0 Å². The summed E-state index contributed by atoms with van der Waals surface area (Å²) in [6.45, 7) is 10.7. The standard InChI is InChI=1S/C36H32N2O2/c1-6-12-28-23(2)37(32-22-26(36(3,4)5)19-20-29(28)32)31-18-11-17-30-33(31)35(40)38(34(30)39)27-16-10-15-25(21-27)24-13-8-7-9-14-24/h6-22H,1-5H3/b12-6-. The van der Waals surface area contributed by atoms with Gasteiger partial charge in [0.2, 0.25) is 0 Å². The second kappa shape index (κ2) is 9.49. The molecule has 40 heavy (non-hydrogen) atoms. The Morgan fingerprint density at radius 2 is 1.48 bits per heavy atom. The van der Waals surface area contributed by atoms with E-state index in [0.717, 1.165) is 39.0 Å². The molecule has 4 heteroatoms. The van der Waals surface area contributed by atoms with Crippen LogP contribution in [0.1, 0.15) is 65.2 Å². The summed E-state index contributed by atoms with van der Waals surface area (Å²) in [6, 6.07) is 29.7. The number of allylic oxidation sites excluding steroid dienone is 1. The number of rotatable bonds is 4. The Kier molecular flexibility index (Phi) is 6.07. The lowest BCUT2D eigenvalue weighted by molar-refractivity contribution is 0.0926. The Bertz CT molecular complexity index is 1830. The lowest BCUT2D eigenvalue weighted by Gasteiger charge is -2.20. The molecule has 1 aliphatic heterocycles. The van der Waals surface area contributed by atoms with Crippen LogP contribution in [0.2, 0.25) is 0 Å². The summed E-state index contributed by atoms with van der Waals surface area (Å²) in [6.07, 6.45) is 4.15. The maximum atomic E-state index is 14.1. The molecule has 5 aromatic rings. The lowest BCUT2D eigenvalue weighted by atomic mass is 9.86. The number of amides is 2. The zero-order valence-electron chi connectivity index (χ0n) is 23.5. The van der Waals surface area contributed by atoms with Crippen molar-refractivity contribution in [3.8, 4) is 16.8 Å². The number of carbonyl (C=O) groups is 2. The molecule has 2 heterocycles. The van der Waals surface area contributed by atoms with Gasteiger partial charge in [0.05, 0.1) is 28.0 Å². The normalized spacial score (nSPS) is 13.6. The van der Waals surface area contributed by atoms with Gasteiger partial charge in [-0.15, -0.1) is 0 Å². The molecule has 0 atom stereocenters. The summed E-state index contributed by atoms with van der Waals surface area (Å²) in [5.41, 5.74) is 8.46. The molecule has 0 bridgehead atoms. The fourth-order valence-electron chi connectivity index (χ4n) is 5.74. The van der Waals surface area contributed by atoms with E-state index in [1.807, 2.05) is 79.7 Å². The third-order valence-corrected chi connectivity index (χ3v) is 7.80. The molecular weight excluding hydrogens is 492 g/mol. The van der Waals surface area contributed by atoms with Gasteiger partial charge in [0.25, 0.3) is 11.8 Å². The SMILES string of the molecule is C/C=C\c1c(C)n(-c2cccc3c2C(=O)N(c2cccc(-c4ccccc4)c2)C3=O)c2cc(C(C)(C)C)ccc12. The van der Waals surface area contributed by atoms with E-state index < -0.39 is 0 Å². The van der Waals surface area contributed by atoms with Gasteiger partial charge in [-0.1, -0.05) is 93.6 Å². The lowest BCUT2D eigenvalue weighted by Crippen LogP contribution is -2.29. The van der Waals surface area contributed by atoms with Gasteiger partial charge in [-0.05, 0) is 66.3 Å². The minimum atomic E-state index is -0.304. The molecule has 0 saturated carbocycles. The third-order valence-electron chi connectivity index (χ3n) is 7.80. The average Bonchev–Trinajstić information content (AvgIpc) is 3.38. The summed E-state index contributed by atoms with van der Waals surface area (Å²) in [7, 11) is 0. The van der Waals surface area contributed by atoms with E-state index in [0.29, 0.717) is 16.8 Å². The summed E-state index contributed by atoms with van der Waals surface area (Å²) in [5, 5.41) is 1.12. The van der Waals surface area contributed by atoms with Crippen LogP contribution < -0.4 is 4.90 Å². The summed E-state index contributed by atoms with van der Waals surface area (Å²) >= 11 is 0. The number of anilines is 1. The Labute approximate surface area is 235 Å². The van der Waals surface area contributed by atoms with Crippen LogP contribution in [0.4, 0.5) is 5.69 Å². The van der Waals surface area contributed by atoms with Crippen LogP contribution in [0, 0.1) is 6.92 Å². The van der Waals surface area contributed by atoms with Crippen molar-refractivity contribution in [1.82, 2.24) is 4.57 Å². The zero-order chi connectivity index (χ0) is 28.2. The van der Waals surface area contributed by atoms with E-state index in [2.05, 4.69) is 56.5 Å². The maximum Gasteiger partial charge on any atom is 0.268 e. The highest BCUT2D eigenvalue weighted by Crippen LogP contribution is 2.38. The molecule has 0 saturated heterocycles. The van der Waals surface area contributed by atoms with Gasteiger partial charge < -0.3 is 4.57 Å². The molecule has 198 valence electrons. The van der Waals surface area contributed by atoms with Gasteiger partial charge in [-0.3, -0.25) is 9.59 Å². The van der Waals surface area contributed by atoms with E-state index in [1.165, 1.54) is 10.5 Å². The van der Waals surface area contributed by atoms with Crippen molar-refractivity contribution in [2.45, 2.75) is 40.0 Å². The van der Waals surface area contributed by atoms with Crippen molar-refractivity contribution in [1.29, 1.82) is 0 Å². The van der Waals surface area contributed by atoms with Crippen molar-refractivity contribution >= 4 is 34.5 Å². The van der Waals surface area contributed by atoms with E-state index in [-0.39, 0.29) is 17.2 Å². The number of nitrogens with zero attached hydrogens (tertiary/aromatic N) is 2. The Morgan fingerprint density at radius 3 is 2.20 bits per heavy atom. The number of hydrogen-bond acceptors (Lipinski definition) is 2. The molecule has 0 N–H and O–H groups in total. The van der Waals surface area contributed by atoms with Gasteiger partial charge in [0, 0.05) is 16.6 Å². The summed E-state index contributed by atoms with van der Waals surface area (Å²) < 4.78 is 2.15.